The highest BCUT2D eigenvalue weighted by molar-refractivity contribution is 7.99. The number of anilines is 1. The molecule has 0 atom stereocenters. The van der Waals surface area contributed by atoms with Gasteiger partial charge in [0, 0.05) is 11.4 Å². The van der Waals surface area contributed by atoms with E-state index >= 15 is 0 Å². The molecule has 0 unspecified atom stereocenters. The van der Waals surface area contributed by atoms with Crippen molar-refractivity contribution in [3.8, 4) is 22.8 Å². The number of benzene rings is 3. The molecule has 198 valence electrons. The van der Waals surface area contributed by atoms with Gasteiger partial charge >= 0.3 is 12.4 Å². The Labute approximate surface area is 216 Å². The molecule has 0 fully saturated rings. The van der Waals surface area contributed by atoms with Gasteiger partial charge in [0.2, 0.25) is 5.91 Å². The maximum Gasteiger partial charge on any atom is 0.416 e. The number of carbonyl (C=O) groups excluding carboxylic acids is 1. The molecular formula is C25H18F6N4O2S. The van der Waals surface area contributed by atoms with E-state index in [1.165, 1.54) is 7.11 Å². The summed E-state index contributed by atoms with van der Waals surface area (Å²) >= 11 is 0.910. The van der Waals surface area contributed by atoms with Crippen molar-refractivity contribution in [2.75, 3.05) is 18.2 Å². The fraction of sp³-hybridized carbons (Fsp3) is 0.160. The summed E-state index contributed by atoms with van der Waals surface area (Å²) in [5.74, 6) is -0.265. The second-order valence-electron chi connectivity index (χ2n) is 7.81. The predicted octanol–water partition coefficient (Wildman–Crippen LogP) is 6.71. The van der Waals surface area contributed by atoms with Crippen molar-refractivity contribution >= 4 is 23.4 Å². The number of alkyl halides is 6. The van der Waals surface area contributed by atoms with Gasteiger partial charge in [0.05, 0.1) is 29.6 Å². The molecule has 0 aliphatic carbocycles. The summed E-state index contributed by atoms with van der Waals surface area (Å²) in [6.45, 7) is 0. The maximum atomic E-state index is 13.1. The lowest BCUT2D eigenvalue weighted by Crippen LogP contribution is -2.17. The number of aromatic nitrogens is 3. The lowest BCUT2D eigenvalue weighted by atomic mass is 10.1. The van der Waals surface area contributed by atoms with E-state index in [4.69, 9.17) is 4.74 Å². The second-order valence-corrected chi connectivity index (χ2v) is 8.75. The first-order valence-electron chi connectivity index (χ1n) is 10.8. The summed E-state index contributed by atoms with van der Waals surface area (Å²) in [5.41, 5.74) is -2.40. The van der Waals surface area contributed by atoms with Crippen LogP contribution < -0.4 is 10.1 Å². The molecule has 6 nitrogen and oxygen atoms in total. The molecule has 4 aromatic rings. The zero-order valence-electron chi connectivity index (χ0n) is 19.5. The first-order chi connectivity index (χ1) is 18.0. The Morgan fingerprint density at radius 3 is 2.11 bits per heavy atom. The Morgan fingerprint density at radius 2 is 1.50 bits per heavy atom. The SMILES string of the molecule is COc1ccccc1-c1nnc(SCC(=O)Nc2cc(C(F)(F)F)cc(C(F)(F)F)c2)n1-c1ccccc1. The highest BCUT2D eigenvalue weighted by Gasteiger charge is 2.37. The first-order valence-corrected chi connectivity index (χ1v) is 11.8. The molecule has 1 amide bonds. The molecule has 0 saturated heterocycles. The largest absolute Gasteiger partial charge is 0.496 e. The number of rotatable bonds is 7. The van der Waals surface area contributed by atoms with Gasteiger partial charge in [-0.3, -0.25) is 9.36 Å². The molecule has 0 aliphatic rings. The maximum absolute atomic E-state index is 13.1. The molecule has 38 heavy (non-hydrogen) atoms. The third-order valence-electron chi connectivity index (χ3n) is 5.20. The fourth-order valence-corrected chi connectivity index (χ4v) is 4.28. The van der Waals surface area contributed by atoms with E-state index in [1.807, 2.05) is 0 Å². The molecule has 3 aromatic carbocycles. The number of para-hydroxylation sites is 2. The molecule has 1 aromatic heterocycles. The van der Waals surface area contributed by atoms with E-state index in [0.717, 1.165) is 11.8 Å². The lowest BCUT2D eigenvalue weighted by molar-refractivity contribution is -0.143. The van der Waals surface area contributed by atoms with Gasteiger partial charge in [0.1, 0.15) is 5.75 Å². The lowest BCUT2D eigenvalue weighted by Gasteiger charge is -2.15. The first kappa shape index (κ1) is 27.0. The van der Waals surface area contributed by atoms with Crippen LogP contribution in [0.15, 0.2) is 78.0 Å². The minimum absolute atomic E-state index is 0.00781. The number of carbonyl (C=O) groups is 1. The quantitative estimate of drug-likeness (QED) is 0.204. The van der Waals surface area contributed by atoms with Crippen molar-refractivity contribution in [3.05, 3.63) is 83.9 Å². The molecule has 1 N–H and O–H groups in total. The number of halogens is 6. The smallest absolute Gasteiger partial charge is 0.416 e. The van der Waals surface area contributed by atoms with Crippen LogP contribution in [0.2, 0.25) is 0 Å². The molecule has 0 aliphatic heterocycles. The number of hydrogen-bond donors (Lipinski definition) is 1. The average molecular weight is 553 g/mol. The predicted molar refractivity (Wildman–Crippen MR) is 129 cm³/mol. The van der Waals surface area contributed by atoms with Crippen molar-refractivity contribution in [1.29, 1.82) is 0 Å². The highest BCUT2D eigenvalue weighted by atomic mass is 32.2. The number of thioether (sulfide) groups is 1. The second kappa shape index (κ2) is 10.8. The van der Waals surface area contributed by atoms with Crippen LogP contribution in [0.3, 0.4) is 0 Å². The van der Waals surface area contributed by atoms with E-state index in [9.17, 15) is 31.1 Å². The van der Waals surface area contributed by atoms with E-state index in [0.29, 0.717) is 35.0 Å². The van der Waals surface area contributed by atoms with Crippen LogP contribution >= 0.6 is 11.8 Å². The van der Waals surface area contributed by atoms with Crippen LogP contribution in [-0.2, 0) is 17.1 Å². The fourth-order valence-electron chi connectivity index (χ4n) is 3.53. The normalized spacial score (nSPS) is 11.9. The van der Waals surface area contributed by atoms with Crippen molar-refractivity contribution in [2.45, 2.75) is 17.5 Å². The Kier molecular flexibility index (Phi) is 7.67. The minimum Gasteiger partial charge on any atom is -0.496 e. The summed E-state index contributed by atoms with van der Waals surface area (Å²) < 4.78 is 85.9. The number of nitrogens with one attached hydrogen (secondary N) is 1. The van der Waals surface area contributed by atoms with Crippen LogP contribution in [-0.4, -0.2) is 33.5 Å². The van der Waals surface area contributed by atoms with Gasteiger partial charge in [-0.25, -0.2) is 0 Å². The molecule has 0 bridgehead atoms. The molecule has 1 heterocycles. The van der Waals surface area contributed by atoms with Crippen LogP contribution in [0.25, 0.3) is 17.1 Å². The Balaban J connectivity index is 1.61. The van der Waals surface area contributed by atoms with E-state index in [-0.39, 0.29) is 17.0 Å². The summed E-state index contributed by atoms with van der Waals surface area (Å²) in [4.78, 5) is 12.6. The highest BCUT2D eigenvalue weighted by Crippen LogP contribution is 2.38. The average Bonchev–Trinajstić information content (AvgIpc) is 3.30. The Morgan fingerprint density at radius 1 is 0.895 bits per heavy atom. The van der Waals surface area contributed by atoms with E-state index in [1.54, 1.807) is 59.2 Å². The van der Waals surface area contributed by atoms with Crippen molar-refractivity contribution in [3.63, 3.8) is 0 Å². The summed E-state index contributed by atoms with van der Waals surface area (Å²) in [6, 6.07) is 16.9. The van der Waals surface area contributed by atoms with Gasteiger partial charge < -0.3 is 10.1 Å². The summed E-state index contributed by atoms with van der Waals surface area (Å²) in [7, 11) is 1.50. The standard InChI is InChI=1S/C25H18F6N4O2S/c1-37-20-10-6-5-9-19(20)22-33-34-23(35(22)18-7-3-2-4-8-18)38-14-21(36)32-17-12-15(24(26,27)28)11-16(13-17)25(29,30)31/h2-13H,14H2,1H3,(H,32,36). The zero-order valence-corrected chi connectivity index (χ0v) is 20.3. The van der Waals surface area contributed by atoms with Crippen LogP contribution in [0.1, 0.15) is 11.1 Å². The third-order valence-corrected chi connectivity index (χ3v) is 6.13. The van der Waals surface area contributed by atoms with Gasteiger partial charge in [-0.05, 0) is 42.5 Å². The number of hydrogen-bond acceptors (Lipinski definition) is 5. The van der Waals surface area contributed by atoms with Crippen LogP contribution in [0.4, 0.5) is 32.0 Å². The van der Waals surface area contributed by atoms with Crippen LogP contribution in [0, 0.1) is 0 Å². The van der Waals surface area contributed by atoms with Crippen molar-refractivity contribution < 1.29 is 35.9 Å². The molecular weight excluding hydrogens is 534 g/mol. The van der Waals surface area contributed by atoms with E-state index in [2.05, 4.69) is 15.5 Å². The summed E-state index contributed by atoms with van der Waals surface area (Å²) in [6.07, 6.45) is -10.1. The zero-order chi connectivity index (χ0) is 27.5. The van der Waals surface area contributed by atoms with Gasteiger partial charge in [-0.1, -0.05) is 42.1 Å². The summed E-state index contributed by atoms with van der Waals surface area (Å²) in [5, 5.41) is 10.8. The number of nitrogens with zero attached hydrogens (tertiary/aromatic N) is 3. The molecule has 0 spiro atoms. The van der Waals surface area contributed by atoms with Gasteiger partial charge in [0.25, 0.3) is 0 Å². The Hall–Kier alpha value is -4.00. The molecule has 13 heteroatoms. The number of methoxy groups -OCH3 is 1. The van der Waals surface area contributed by atoms with E-state index < -0.39 is 35.1 Å². The molecule has 4 rings (SSSR count). The van der Waals surface area contributed by atoms with Crippen molar-refractivity contribution in [2.24, 2.45) is 0 Å². The number of amides is 1. The topological polar surface area (TPSA) is 69.0 Å². The Bertz CT molecular complexity index is 1410. The molecule has 0 saturated carbocycles. The van der Waals surface area contributed by atoms with Gasteiger partial charge in [0.15, 0.2) is 11.0 Å². The van der Waals surface area contributed by atoms with Gasteiger partial charge in [-0.15, -0.1) is 10.2 Å². The van der Waals surface area contributed by atoms with Crippen molar-refractivity contribution in [1.82, 2.24) is 14.8 Å². The number of ether oxygens (including phenoxy) is 1. The van der Waals surface area contributed by atoms with Crippen LogP contribution in [0.5, 0.6) is 5.75 Å². The third kappa shape index (κ3) is 6.10. The van der Waals surface area contributed by atoms with Gasteiger partial charge in [-0.2, -0.15) is 26.3 Å². The molecule has 0 radical (unpaired) electrons. The monoisotopic (exact) mass is 552 g/mol. The minimum atomic E-state index is -5.03.